The molecule has 0 fully saturated rings. The van der Waals surface area contributed by atoms with Crippen molar-refractivity contribution in [2.45, 2.75) is 58.7 Å². The van der Waals surface area contributed by atoms with E-state index in [2.05, 4.69) is 46.2 Å². The number of carbonyl (C=O) groups is 1. The van der Waals surface area contributed by atoms with Crippen LogP contribution in [-0.4, -0.2) is 48.6 Å². The van der Waals surface area contributed by atoms with Gasteiger partial charge in [0.15, 0.2) is 0 Å². The molecule has 5 rings (SSSR count). The molecular weight excluding hydrogens is 482 g/mol. The quantitative estimate of drug-likeness (QED) is 0.382. The van der Waals surface area contributed by atoms with Crippen LogP contribution in [-0.2, 0) is 24.9 Å². The molecule has 0 aliphatic carbocycles. The minimum atomic E-state index is -0.855. The maximum absolute atomic E-state index is 12.0. The molecule has 2 aromatic heterocycles. The monoisotopic (exact) mass is 515 g/mol. The van der Waals surface area contributed by atoms with Crippen molar-refractivity contribution in [3.05, 3.63) is 86.3 Å². The number of carboxylic acid groups (broad SMARTS) is 1. The molecule has 2 N–H and O–H groups in total. The van der Waals surface area contributed by atoms with Crippen molar-refractivity contribution in [3.63, 3.8) is 0 Å². The zero-order valence-electron chi connectivity index (χ0n) is 22.2. The molecule has 38 heavy (non-hydrogen) atoms. The van der Waals surface area contributed by atoms with Gasteiger partial charge in [0, 0.05) is 38.7 Å². The van der Waals surface area contributed by atoms with E-state index in [1.54, 1.807) is 10.7 Å². The van der Waals surface area contributed by atoms with Gasteiger partial charge in [-0.2, -0.15) is 0 Å². The molecule has 0 amide bonds. The first kappa shape index (κ1) is 25.7. The highest BCUT2D eigenvalue weighted by molar-refractivity contribution is 5.80. The number of hydrogen-bond acceptors (Lipinski definition) is 6. The second kappa shape index (κ2) is 10.4. The van der Waals surface area contributed by atoms with E-state index in [0.717, 1.165) is 63.3 Å². The molecule has 0 saturated carbocycles. The number of aromatic amines is 1. The summed E-state index contributed by atoms with van der Waals surface area (Å²) < 4.78 is 7.91. The van der Waals surface area contributed by atoms with Crippen LogP contribution in [0, 0.1) is 13.8 Å². The number of nitrogens with one attached hydrogen (secondary N) is 1. The van der Waals surface area contributed by atoms with Crippen molar-refractivity contribution in [2.75, 3.05) is 6.54 Å². The fourth-order valence-electron chi connectivity index (χ4n) is 5.39. The average Bonchev–Trinajstić information content (AvgIpc) is 3.17. The Morgan fingerprint density at radius 2 is 2.03 bits per heavy atom. The lowest BCUT2D eigenvalue weighted by molar-refractivity contribution is -0.137. The van der Waals surface area contributed by atoms with Gasteiger partial charge in [-0.3, -0.25) is 14.5 Å². The number of aliphatic carboxylic acids is 1. The van der Waals surface area contributed by atoms with Crippen molar-refractivity contribution in [2.24, 2.45) is 7.05 Å². The molecule has 0 saturated heterocycles. The Kier molecular flexibility index (Phi) is 7.03. The van der Waals surface area contributed by atoms with Gasteiger partial charge >= 0.3 is 5.97 Å². The zero-order valence-corrected chi connectivity index (χ0v) is 22.2. The number of nitrogens with zero attached hydrogens (tertiary/aromatic N) is 4. The van der Waals surface area contributed by atoms with Crippen LogP contribution in [0.4, 0.5) is 0 Å². The fourth-order valence-corrected chi connectivity index (χ4v) is 5.39. The van der Waals surface area contributed by atoms with E-state index >= 15 is 0 Å². The number of H-pyrrole nitrogens is 1. The Morgan fingerprint density at radius 1 is 1.21 bits per heavy atom. The number of ether oxygens (including phenoxy) is 1. The Balaban J connectivity index is 1.50. The van der Waals surface area contributed by atoms with Gasteiger partial charge in [0.2, 0.25) is 5.56 Å². The molecule has 2 atom stereocenters. The molecule has 3 heterocycles. The molecule has 4 aromatic rings. The lowest BCUT2D eigenvalue weighted by Crippen LogP contribution is -2.32. The second-order valence-electron chi connectivity index (χ2n) is 10.2. The van der Waals surface area contributed by atoms with Crippen LogP contribution in [0.25, 0.3) is 11.0 Å². The SMILES string of the molecule is CC[C@@H]1CN(Cc2cc(C(CC(=O)O)c3ccc4c(nnn4C)c3C)ccc2C)Cc2[nH]c(=O)ccc2O1. The highest BCUT2D eigenvalue weighted by Crippen LogP contribution is 2.34. The predicted molar refractivity (Wildman–Crippen MR) is 144 cm³/mol. The molecule has 0 radical (unpaired) electrons. The Hall–Kier alpha value is -3.98. The summed E-state index contributed by atoms with van der Waals surface area (Å²) in [5.41, 5.74) is 7.41. The molecule has 1 aliphatic heterocycles. The number of aromatic nitrogens is 4. The first-order valence-corrected chi connectivity index (χ1v) is 12.9. The van der Waals surface area contributed by atoms with E-state index in [-0.39, 0.29) is 24.0 Å². The zero-order chi connectivity index (χ0) is 27.0. The van der Waals surface area contributed by atoms with Crippen molar-refractivity contribution < 1.29 is 14.6 Å². The van der Waals surface area contributed by atoms with Gasteiger partial charge in [-0.05, 0) is 60.2 Å². The number of benzene rings is 2. The third-order valence-electron chi connectivity index (χ3n) is 7.55. The summed E-state index contributed by atoms with van der Waals surface area (Å²) in [5.74, 6) is -0.459. The second-order valence-corrected chi connectivity index (χ2v) is 10.2. The smallest absolute Gasteiger partial charge is 0.304 e. The summed E-state index contributed by atoms with van der Waals surface area (Å²) >= 11 is 0. The van der Waals surface area contributed by atoms with Crippen LogP contribution in [0.5, 0.6) is 5.75 Å². The van der Waals surface area contributed by atoms with Crippen LogP contribution < -0.4 is 10.3 Å². The highest BCUT2D eigenvalue weighted by atomic mass is 16.5. The molecule has 9 heteroatoms. The van der Waals surface area contributed by atoms with E-state index < -0.39 is 5.97 Å². The summed E-state index contributed by atoms with van der Waals surface area (Å²) in [4.78, 5) is 29.2. The van der Waals surface area contributed by atoms with Gasteiger partial charge in [0.25, 0.3) is 0 Å². The Morgan fingerprint density at radius 3 is 2.79 bits per heavy atom. The molecule has 2 aromatic carbocycles. The fraction of sp³-hybridized carbons (Fsp3) is 0.379. The molecule has 1 unspecified atom stereocenters. The van der Waals surface area contributed by atoms with E-state index in [9.17, 15) is 14.7 Å². The van der Waals surface area contributed by atoms with E-state index in [1.807, 2.05) is 32.2 Å². The van der Waals surface area contributed by atoms with Gasteiger partial charge in [-0.15, -0.1) is 5.10 Å². The highest BCUT2D eigenvalue weighted by Gasteiger charge is 2.25. The third-order valence-corrected chi connectivity index (χ3v) is 7.55. The van der Waals surface area contributed by atoms with Gasteiger partial charge in [-0.25, -0.2) is 4.68 Å². The van der Waals surface area contributed by atoms with Crippen molar-refractivity contribution in [3.8, 4) is 5.75 Å². The number of carboxylic acids is 1. The first-order valence-electron chi connectivity index (χ1n) is 12.9. The summed E-state index contributed by atoms with van der Waals surface area (Å²) in [6.07, 6.45) is 0.824. The topological polar surface area (TPSA) is 113 Å². The maximum atomic E-state index is 12.0. The van der Waals surface area contributed by atoms with Crippen molar-refractivity contribution in [1.29, 1.82) is 0 Å². The van der Waals surface area contributed by atoms with Crippen LogP contribution in [0.3, 0.4) is 0 Å². The van der Waals surface area contributed by atoms with Gasteiger partial charge in [-0.1, -0.05) is 36.4 Å². The lowest BCUT2D eigenvalue weighted by atomic mass is 9.84. The Labute approximate surface area is 221 Å². The van der Waals surface area contributed by atoms with Gasteiger partial charge in [0.1, 0.15) is 17.4 Å². The summed E-state index contributed by atoms with van der Waals surface area (Å²) in [6.45, 7) is 8.08. The standard InChI is InChI=1S/C29H33N5O4/c1-5-21-15-34(16-24-26(38-21)10-11-27(35)30-24)14-20-12-19(7-6-17(20)2)23(13-28(36)37)22-8-9-25-29(18(22)3)31-32-33(25)4/h6-12,21,23H,5,13-16H2,1-4H3,(H,30,35)(H,36,37)/t21-,23?/m1/s1. The minimum absolute atomic E-state index is 0.00626. The van der Waals surface area contributed by atoms with Crippen LogP contribution in [0.1, 0.15) is 59.2 Å². The van der Waals surface area contributed by atoms with Gasteiger partial charge in [0.05, 0.1) is 17.6 Å². The van der Waals surface area contributed by atoms with E-state index in [4.69, 9.17) is 4.74 Å². The molecule has 9 nitrogen and oxygen atoms in total. The number of fused-ring (bicyclic) bond motifs is 2. The summed E-state index contributed by atoms with van der Waals surface area (Å²) in [6, 6.07) is 13.4. The molecular formula is C29H33N5O4. The van der Waals surface area contributed by atoms with Crippen LogP contribution in [0.15, 0.2) is 47.3 Å². The van der Waals surface area contributed by atoms with Crippen LogP contribution in [0.2, 0.25) is 0 Å². The normalized spacial score (nSPS) is 16.6. The van der Waals surface area contributed by atoms with Crippen molar-refractivity contribution >= 4 is 17.0 Å². The Bertz CT molecular complexity index is 1560. The molecule has 1 aliphatic rings. The third kappa shape index (κ3) is 5.06. The average molecular weight is 516 g/mol. The minimum Gasteiger partial charge on any atom is -0.487 e. The predicted octanol–water partition coefficient (Wildman–Crippen LogP) is 4.05. The lowest BCUT2D eigenvalue weighted by Gasteiger charge is -2.25. The number of aryl methyl sites for hydroxylation is 3. The largest absolute Gasteiger partial charge is 0.487 e. The van der Waals surface area contributed by atoms with Gasteiger partial charge < -0.3 is 14.8 Å². The number of pyridine rings is 1. The summed E-state index contributed by atoms with van der Waals surface area (Å²) in [7, 11) is 1.85. The molecule has 0 spiro atoms. The molecule has 0 bridgehead atoms. The number of rotatable bonds is 7. The van der Waals surface area contributed by atoms with E-state index in [1.165, 1.54) is 6.07 Å². The molecule has 198 valence electrons. The van der Waals surface area contributed by atoms with E-state index in [0.29, 0.717) is 13.1 Å². The number of hydrogen-bond donors (Lipinski definition) is 2. The van der Waals surface area contributed by atoms with Crippen LogP contribution >= 0.6 is 0 Å². The maximum Gasteiger partial charge on any atom is 0.304 e. The van der Waals surface area contributed by atoms with Crippen molar-refractivity contribution in [1.82, 2.24) is 24.9 Å². The first-order chi connectivity index (χ1) is 18.2. The summed E-state index contributed by atoms with van der Waals surface area (Å²) in [5, 5.41) is 18.3.